The largest absolute Gasteiger partial charge is 0.493 e. The molecule has 4 nitrogen and oxygen atoms in total. The molecule has 1 aromatic carbocycles. The molecule has 0 radical (unpaired) electrons. The van der Waals surface area contributed by atoms with Crippen LogP contribution in [0.2, 0.25) is 5.15 Å². The van der Waals surface area contributed by atoms with Crippen LogP contribution < -0.4 is 9.47 Å². The highest BCUT2D eigenvalue weighted by atomic mass is 35.5. The molecule has 2 rings (SSSR count). The van der Waals surface area contributed by atoms with E-state index in [4.69, 9.17) is 21.1 Å². The van der Waals surface area contributed by atoms with Gasteiger partial charge in [-0.05, 0) is 25.0 Å². The lowest BCUT2D eigenvalue weighted by atomic mass is 10.1. The lowest BCUT2D eigenvalue weighted by Crippen LogP contribution is -2.07. The van der Waals surface area contributed by atoms with Gasteiger partial charge in [0.05, 0.1) is 13.2 Å². The second kappa shape index (κ2) is 7.84. The minimum Gasteiger partial charge on any atom is -0.493 e. The Hall–Kier alpha value is -1.81. The normalized spacial score (nSPS) is 10.4. The molecule has 21 heavy (non-hydrogen) atoms. The molecule has 0 N–H and O–H groups in total. The minimum atomic E-state index is 0.386. The van der Waals surface area contributed by atoms with Gasteiger partial charge in [0.25, 0.3) is 0 Å². The van der Waals surface area contributed by atoms with Crippen LogP contribution in [0.15, 0.2) is 30.3 Å². The van der Waals surface area contributed by atoms with Gasteiger partial charge in [-0.2, -0.15) is 4.98 Å². The lowest BCUT2D eigenvalue weighted by molar-refractivity contribution is 0.309. The van der Waals surface area contributed by atoms with Crippen molar-refractivity contribution in [3.63, 3.8) is 0 Å². The van der Waals surface area contributed by atoms with Crippen LogP contribution in [0.3, 0.4) is 0 Å². The van der Waals surface area contributed by atoms with Gasteiger partial charge in [-0.1, -0.05) is 36.7 Å². The first kappa shape index (κ1) is 15.6. The molecule has 0 aliphatic rings. The van der Waals surface area contributed by atoms with Crippen LogP contribution in [-0.4, -0.2) is 23.2 Å². The molecule has 0 aliphatic carbocycles. The van der Waals surface area contributed by atoms with Crippen molar-refractivity contribution in [2.75, 3.05) is 13.2 Å². The van der Waals surface area contributed by atoms with Crippen molar-refractivity contribution in [3.05, 3.63) is 46.9 Å². The minimum absolute atomic E-state index is 0.386. The molecule has 1 aromatic heterocycles. The number of aromatic nitrogens is 2. The summed E-state index contributed by atoms with van der Waals surface area (Å²) in [5.41, 5.74) is 1.19. The molecule has 0 saturated heterocycles. The fourth-order valence-electron chi connectivity index (χ4n) is 1.96. The molecule has 2 aromatic rings. The Balaban J connectivity index is 1.97. The van der Waals surface area contributed by atoms with E-state index >= 15 is 0 Å². The zero-order valence-corrected chi connectivity index (χ0v) is 13.1. The van der Waals surface area contributed by atoms with Crippen LogP contribution in [0.1, 0.15) is 25.2 Å². The summed E-state index contributed by atoms with van der Waals surface area (Å²) in [6.45, 7) is 5.06. The number of halogens is 1. The summed E-state index contributed by atoms with van der Waals surface area (Å²) in [5, 5.41) is 0.386. The van der Waals surface area contributed by atoms with Gasteiger partial charge in [-0.15, -0.1) is 0 Å². The standard InChI is InChI=1S/C16H19ClN2O2/c1-3-12-7-5-6-8-13(12)21-10-9-15-18-14(17)11-16(19-15)20-4-2/h5-8,11H,3-4,9-10H2,1-2H3. The zero-order chi connectivity index (χ0) is 15.1. The number of aryl methyl sites for hydroxylation is 1. The van der Waals surface area contributed by atoms with Crippen molar-refractivity contribution in [1.82, 2.24) is 9.97 Å². The molecule has 0 fully saturated rings. The highest BCUT2D eigenvalue weighted by molar-refractivity contribution is 6.29. The fraction of sp³-hybridized carbons (Fsp3) is 0.375. The Morgan fingerprint density at radius 3 is 2.67 bits per heavy atom. The van der Waals surface area contributed by atoms with Crippen molar-refractivity contribution in [1.29, 1.82) is 0 Å². The molecule has 0 aliphatic heterocycles. The Kier molecular flexibility index (Phi) is 5.81. The number of ether oxygens (including phenoxy) is 2. The number of benzene rings is 1. The third-order valence-corrected chi connectivity index (χ3v) is 3.14. The first-order valence-electron chi connectivity index (χ1n) is 7.10. The van der Waals surface area contributed by atoms with Crippen molar-refractivity contribution in [2.45, 2.75) is 26.7 Å². The molecular formula is C16H19ClN2O2. The summed E-state index contributed by atoms with van der Waals surface area (Å²) >= 11 is 5.96. The van der Waals surface area contributed by atoms with Crippen LogP contribution in [-0.2, 0) is 12.8 Å². The van der Waals surface area contributed by atoms with Gasteiger partial charge in [0.1, 0.15) is 16.7 Å². The molecule has 0 spiro atoms. The first-order valence-corrected chi connectivity index (χ1v) is 7.47. The second-order valence-electron chi connectivity index (χ2n) is 4.44. The van der Waals surface area contributed by atoms with Crippen molar-refractivity contribution >= 4 is 11.6 Å². The highest BCUT2D eigenvalue weighted by Crippen LogP contribution is 2.19. The average molecular weight is 307 g/mol. The van der Waals surface area contributed by atoms with E-state index in [1.165, 1.54) is 5.56 Å². The quantitative estimate of drug-likeness (QED) is 0.731. The Morgan fingerprint density at radius 1 is 1.10 bits per heavy atom. The number of hydrogen-bond donors (Lipinski definition) is 0. The Morgan fingerprint density at radius 2 is 1.90 bits per heavy atom. The van der Waals surface area contributed by atoms with Crippen molar-refractivity contribution < 1.29 is 9.47 Å². The van der Waals surface area contributed by atoms with E-state index in [2.05, 4.69) is 23.0 Å². The summed E-state index contributed by atoms with van der Waals surface area (Å²) in [4.78, 5) is 8.48. The third-order valence-electron chi connectivity index (χ3n) is 2.95. The van der Waals surface area contributed by atoms with Gasteiger partial charge in [0.15, 0.2) is 0 Å². The number of rotatable bonds is 7. The smallest absolute Gasteiger partial charge is 0.218 e. The second-order valence-corrected chi connectivity index (χ2v) is 4.83. The predicted octanol–water partition coefficient (Wildman–Crippen LogP) is 3.71. The van der Waals surface area contributed by atoms with Crippen molar-refractivity contribution in [3.8, 4) is 11.6 Å². The molecule has 0 amide bonds. The number of para-hydroxylation sites is 1. The molecule has 0 bridgehead atoms. The summed E-state index contributed by atoms with van der Waals surface area (Å²) < 4.78 is 11.2. The molecular weight excluding hydrogens is 288 g/mol. The van der Waals surface area contributed by atoms with Crippen LogP contribution in [0.5, 0.6) is 11.6 Å². The predicted molar refractivity (Wildman–Crippen MR) is 83.2 cm³/mol. The van der Waals surface area contributed by atoms with Crippen LogP contribution >= 0.6 is 11.6 Å². The SMILES string of the molecule is CCOc1cc(Cl)nc(CCOc2ccccc2CC)n1. The zero-order valence-electron chi connectivity index (χ0n) is 12.3. The highest BCUT2D eigenvalue weighted by Gasteiger charge is 2.06. The molecule has 0 atom stereocenters. The average Bonchev–Trinajstić information content (AvgIpc) is 2.47. The summed E-state index contributed by atoms with van der Waals surface area (Å²) in [5.74, 6) is 2.04. The van der Waals surface area contributed by atoms with Gasteiger partial charge < -0.3 is 9.47 Å². The summed E-state index contributed by atoms with van der Waals surface area (Å²) in [6, 6.07) is 9.64. The van der Waals surface area contributed by atoms with Gasteiger partial charge in [0, 0.05) is 12.5 Å². The van der Waals surface area contributed by atoms with Crippen molar-refractivity contribution in [2.24, 2.45) is 0 Å². The van der Waals surface area contributed by atoms with E-state index in [0.29, 0.717) is 36.5 Å². The topological polar surface area (TPSA) is 44.2 Å². The molecule has 5 heteroatoms. The third kappa shape index (κ3) is 4.60. The summed E-state index contributed by atoms with van der Waals surface area (Å²) in [6.07, 6.45) is 1.52. The molecule has 0 saturated carbocycles. The Labute approximate surface area is 130 Å². The van der Waals surface area contributed by atoms with E-state index in [9.17, 15) is 0 Å². The monoisotopic (exact) mass is 306 g/mol. The van der Waals surface area contributed by atoms with Gasteiger partial charge in [-0.25, -0.2) is 4.98 Å². The van der Waals surface area contributed by atoms with Gasteiger partial charge in [-0.3, -0.25) is 0 Å². The maximum absolute atomic E-state index is 5.96. The van der Waals surface area contributed by atoms with Crippen LogP contribution in [0.25, 0.3) is 0 Å². The maximum atomic E-state index is 5.96. The maximum Gasteiger partial charge on any atom is 0.218 e. The van der Waals surface area contributed by atoms with Gasteiger partial charge >= 0.3 is 0 Å². The van der Waals surface area contributed by atoms with E-state index in [0.717, 1.165) is 12.2 Å². The number of hydrogen-bond acceptors (Lipinski definition) is 4. The molecule has 0 unspecified atom stereocenters. The fourth-order valence-corrected chi connectivity index (χ4v) is 2.16. The van der Waals surface area contributed by atoms with E-state index in [1.807, 2.05) is 25.1 Å². The summed E-state index contributed by atoms with van der Waals surface area (Å²) in [7, 11) is 0. The van der Waals surface area contributed by atoms with E-state index < -0.39 is 0 Å². The first-order chi connectivity index (χ1) is 10.2. The Bertz CT molecular complexity index is 590. The van der Waals surface area contributed by atoms with Crippen LogP contribution in [0, 0.1) is 0 Å². The molecule has 112 valence electrons. The lowest BCUT2D eigenvalue weighted by Gasteiger charge is -2.10. The number of nitrogens with zero attached hydrogens (tertiary/aromatic N) is 2. The van der Waals surface area contributed by atoms with E-state index in [1.54, 1.807) is 6.07 Å². The van der Waals surface area contributed by atoms with Gasteiger partial charge in [0.2, 0.25) is 5.88 Å². The van der Waals surface area contributed by atoms with E-state index in [-0.39, 0.29) is 0 Å². The molecule has 1 heterocycles. The van der Waals surface area contributed by atoms with Crippen LogP contribution in [0.4, 0.5) is 0 Å².